The first-order valence-corrected chi connectivity index (χ1v) is 16.0. The average Bonchev–Trinajstić information content (AvgIpc) is 3.33. The smallest absolute Gasteiger partial charge is 0.245 e. The molecule has 2 N–H and O–H groups in total. The van der Waals surface area contributed by atoms with Crippen molar-refractivity contribution in [3.05, 3.63) is 110 Å². The summed E-state index contributed by atoms with van der Waals surface area (Å²) in [5, 5.41) is 0.530. The number of hydrogen-bond donors (Lipinski definition) is 1. The van der Waals surface area contributed by atoms with E-state index in [4.69, 9.17) is 28.9 Å². The summed E-state index contributed by atoms with van der Waals surface area (Å²) in [6, 6.07) is 19.0. The number of carbonyl (C=O) groups excluding carboxylic acids is 2. The molecule has 0 fully saturated rings. The summed E-state index contributed by atoms with van der Waals surface area (Å²) in [5.74, 6) is -1.74. The van der Waals surface area contributed by atoms with Gasteiger partial charge in [-0.15, -0.1) is 0 Å². The summed E-state index contributed by atoms with van der Waals surface area (Å²) >= 11 is 16.0. The van der Waals surface area contributed by atoms with Crippen molar-refractivity contribution in [2.75, 3.05) is 0 Å². The number of halogens is 3. The molecule has 0 spiro atoms. The molecule has 0 aromatic heterocycles. The van der Waals surface area contributed by atoms with E-state index in [9.17, 15) is 18.0 Å². The second-order valence-corrected chi connectivity index (χ2v) is 14.7. The molecule has 6 nitrogen and oxygen atoms in total. The van der Waals surface area contributed by atoms with Crippen LogP contribution in [0.1, 0.15) is 51.8 Å². The maximum Gasteiger partial charge on any atom is 0.245 e. The number of hydrogen-bond acceptors (Lipinski definition) is 4. The van der Waals surface area contributed by atoms with Crippen molar-refractivity contribution >= 4 is 60.8 Å². The number of carbonyl (C=O) groups is 2. The number of nitrogens with zero attached hydrogens (tertiary/aromatic N) is 1. The van der Waals surface area contributed by atoms with Crippen molar-refractivity contribution < 1.29 is 18.0 Å². The average molecular weight is 695 g/mol. The number of nitrogens with two attached hydrogens (primary N) is 1. The van der Waals surface area contributed by atoms with Gasteiger partial charge in [0.05, 0.1) is 21.0 Å². The highest BCUT2D eigenvalue weighted by atomic mass is 79.9. The largest absolute Gasteiger partial charge is 0.369 e. The molecule has 0 saturated carbocycles. The highest BCUT2D eigenvalue weighted by Crippen LogP contribution is 2.48. The number of rotatable bonds is 9. The molecular formula is C32H35BrCl2N2O4S. The van der Waals surface area contributed by atoms with Crippen LogP contribution in [-0.2, 0) is 26.0 Å². The first-order chi connectivity index (χ1) is 19.2. The molecule has 1 aliphatic heterocycles. The van der Waals surface area contributed by atoms with Gasteiger partial charge < -0.3 is 5.73 Å². The highest BCUT2D eigenvalue weighted by Gasteiger charge is 2.50. The van der Waals surface area contributed by atoms with Gasteiger partial charge in [-0.3, -0.25) is 9.59 Å². The van der Waals surface area contributed by atoms with Gasteiger partial charge in [-0.05, 0) is 63.2 Å². The number of amides is 1. The van der Waals surface area contributed by atoms with Crippen LogP contribution in [0.5, 0.6) is 0 Å². The highest BCUT2D eigenvalue weighted by molar-refractivity contribution is 9.10. The van der Waals surface area contributed by atoms with Crippen LogP contribution in [0.2, 0.25) is 10.0 Å². The lowest BCUT2D eigenvalue weighted by molar-refractivity contribution is -0.126. The second-order valence-electron chi connectivity index (χ2n) is 11.2. The van der Waals surface area contributed by atoms with Gasteiger partial charge in [0, 0.05) is 28.4 Å². The molecule has 0 unspecified atom stereocenters. The standard InChI is InChI=1S/C31H31BrCl2N2O4S.CH4/c1-31(2,3)28-18-22(26(37)17-21(30(35)38)15-19-9-5-4-6-10-19)29(20-13-14-24(33)25(34)16-20)36(28)41(39,40)27-12-8-7-11-23(27)32;/h4-14,16,18,21,28-29H,15,17H2,1-3H3,(H2,35,38);1H4/t21-,28+,29+;/m1./s1. The molecular weight excluding hydrogens is 659 g/mol. The van der Waals surface area contributed by atoms with Crippen LogP contribution in [-0.4, -0.2) is 30.5 Å². The Bertz CT molecular complexity index is 1600. The zero-order valence-corrected chi connectivity index (χ0v) is 26.8. The van der Waals surface area contributed by atoms with Crippen LogP contribution >= 0.6 is 39.1 Å². The van der Waals surface area contributed by atoms with Gasteiger partial charge in [0.15, 0.2) is 5.78 Å². The lowest BCUT2D eigenvalue weighted by Gasteiger charge is -2.37. The summed E-state index contributed by atoms with van der Waals surface area (Å²) in [5.41, 5.74) is 6.77. The fourth-order valence-electron chi connectivity index (χ4n) is 5.09. The van der Waals surface area contributed by atoms with E-state index < -0.39 is 39.3 Å². The lowest BCUT2D eigenvalue weighted by Crippen LogP contribution is -2.45. The van der Waals surface area contributed by atoms with Crippen LogP contribution in [0.25, 0.3) is 0 Å². The Morgan fingerprint density at radius 3 is 2.17 bits per heavy atom. The summed E-state index contributed by atoms with van der Waals surface area (Å²) in [6.07, 6.45) is 1.83. The maximum absolute atomic E-state index is 14.4. The molecule has 3 aromatic rings. The third-order valence-corrected chi connectivity index (χ3v) is 10.8. The van der Waals surface area contributed by atoms with E-state index in [1.165, 1.54) is 10.4 Å². The molecule has 10 heteroatoms. The molecule has 4 rings (SSSR count). The van der Waals surface area contributed by atoms with Crippen LogP contribution in [0.4, 0.5) is 0 Å². The maximum atomic E-state index is 14.4. The van der Waals surface area contributed by atoms with Gasteiger partial charge in [0.2, 0.25) is 15.9 Å². The van der Waals surface area contributed by atoms with Gasteiger partial charge in [-0.25, -0.2) is 8.42 Å². The van der Waals surface area contributed by atoms with Crippen molar-refractivity contribution in [3.63, 3.8) is 0 Å². The Kier molecular flexibility index (Phi) is 10.9. The predicted molar refractivity (Wildman–Crippen MR) is 173 cm³/mol. The minimum Gasteiger partial charge on any atom is -0.369 e. The van der Waals surface area contributed by atoms with Crippen molar-refractivity contribution in [1.29, 1.82) is 0 Å². The van der Waals surface area contributed by atoms with E-state index in [2.05, 4.69) is 15.9 Å². The SMILES string of the molecule is C.CC(C)(C)[C@@H]1C=C(C(=O)C[C@@H](Cc2ccccc2)C(N)=O)[C@H](c2ccc(Cl)c(Cl)c2)N1S(=O)(=O)c1ccccc1Br. The first-order valence-electron chi connectivity index (χ1n) is 13.0. The van der Waals surface area contributed by atoms with Gasteiger partial charge >= 0.3 is 0 Å². The van der Waals surface area contributed by atoms with Crippen molar-refractivity contribution in [2.45, 2.75) is 58.0 Å². The van der Waals surface area contributed by atoms with Gasteiger partial charge in [0.1, 0.15) is 0 Å². The van der Waals surface area contributed by atoms with E-state index >= 15 is 0 Å². The molecule has 0 saturated heterocycles. The molecule has 0 aliphatic carbocycles. The number of benzene rings is 3. The Balaban J connectivity index is 0.00000484. The van der Waals surface area contributed by atoms with Crippen LogP contribution in [0, 0.1) is 11.3 Å². The summed E-state index contributed by atoms with van der Waals surface area (Å²) in [4.78, 5) is 26.6. The molecule has 0 bridgehead atoms. The van der Waals surface area contributed by atoms with Crippen molar-refractivity contribution in [1.82, 2.24) is 4.31 Å². The Morgan fingerprint density at radius 1 is 0.976 bits per heavy atom. The number of sulfonamides is 1. The quantitative estimate of drug-likeness (QED) is 0.248. The van der Waals surface area contributed by atoms with Crippen LogP contribution < -0.4 is 5.73 Å². The number of Topliss-reactive ketones (excluding diaryl/α,β-unsaturated/α-hetero) is 1. The molecule has 3 atom stereocenters. The van der Waals surface area contributed by atoms with E-state index in [-0.39, 0.29) is 41.5 Å². The van der Waals surface area contributed by atoms with Gasteiger partial charge in [-0.2, -0.15) is 4.31 Å². The molecule has 1 aliphatic rings. The Hall–Kier alpha value is -2.49. The first kappa shape index (κ1) is 34.0. The molecule has 0 radical (unpaired) electrons. The predicted octanol–water partition coefficient (Wildman–Crippen LogP) is 7.78. The monoisotopic (exact) mass is 692 g/mol. The topological polar surface area (TPSA) is 97.5 Å². The third-order valence-electron chi connectivity index (χ3n) is 7.18. The molecule has 224 valence electrons. The zero-order valence-electron chi connectivity index (χ0n) is 22.9. The minimum atomic E-state index is -4.17. The van der Waals surface area contributed by atoms with E-state index in [0.29, 0.717) is 15.1 Å². The van der Waals surface area contributed by atoms with Gasteiger partial charge in [-0.1, -0.05) is 106 Å². The number of ketones is 1. The van der Waals surface area contributed by atoms with E-state index in [0.717, 1.165) is 5.56 Å². The minimum absolute atomic E-state index is 0. The summed E-state index contributed by atoms with van der Waals surface area (Å²) in [6.45, 7) is 5.74. The zero-order chi connectivity index (χ0) is 30.1. The molecule has 1 heterocycles. The van der Waals surface area contributed by atoms with Crippen molar-refractivity contribution in [3.8, 4) is 0 Å². The normalized spacial score (nSPS) is 18.2. The lowest BCUT2D eigenvalue weighted by atomic mass is 9.86. The Labute approximate surface area is 267 Å². The van der Waals surface area contributed by atoms with Crippen molar-refractivity contribution in [2.24, 2.45) is 17.1 Å². The molecule has 3 aromatic carbocycles. The van der Waals surface area contributed by atoms with E-state index in [1.807, 2.05) is 51.1 Å². The molecule has 42 heavy (non-hydrogen) atoms. The second kappa shape index (κ2) is 13.4. The van der Waals surface area contributed by atoms with Crippen LogP contribution in [0.15, 0.2) is 93.8 Å². The third kappa shape index (κ3) is 7.17. The van der Waals surface area contributed by atoms with Gasteiger partial charge in [0.25, 0.3) is 0 Å². The Morgan fingerprint density at radius 2 is 1.60 bits per heavy atom. The fraction of sp³-hybridized carbons (Fsp3) is 0.312. The fourth-order valence-corrected chi connectivity index (χ4v) is 8.27. The molecule has 1 amide bonds. The van der Waals surface area contributed by atoms with E-state index in [1.54, 1.807) is 42.5 Å². The summed E-state index contributed by atoms with van der Waals surface area (Å²) in [7, 11) is -4.17. The van der Waals surface area contributed by atoms with Crippen LogP contribution in [0.3, 0.4) is 0 Å². The number of primary amides is 1. The summed E-state index contributed by atoms with van der Waals surface area (Å²) < 4.78 is 30.6.